The lowest BCUT2D eigenvalue weighted by Gasteiger charge is -2.11. The van der Waals surface area contributed by atoms with E-state index < -0.39 is 0 Å². The number of nitro benzene ring substituents is 1. The smallest absolute Gasteiger partial charge is 0.270 e. The third-order valence-electron chi connectivity index (χ3n) is 2.88. The van der Waals surface area contributed by atoms with Gasteiger partial charge in [0.05, 0.1) is 11.5 Å². The van der Waals surface area contributed by atoms with Gasteiger partial charge in [-0.25, -0.2) is 0 Å². The van der Waals surface area contributed by atoms with Gasteiger partial charge < -0.3 is 10.1 Å². The first-order valence-corrected chi connectivity index (χ1v) is 6.73. The third-order valence-corrected chi connectivity index (χ3v) is 2.88. The number of nitrogens with one attached hydrogen (secondary N) is 1. The molecule has 0 aliphatic rings. The van der Waals surface area contributed by atoms with E-state index in [0.29, 0.717) is 13.2 Å². The normalized spacial score (nSPS) is 10.4. The van der Waals surface area contributed by atoms with E-state index in [2.05, 4.69) is 12.2 Å². The summed E-state index contributed by atoms with van der Waals surface area (Å²) in [6, 6.07) is 4.74. The number of ether oxygens (including phenoxy) is 1. The van der Waals surface area contributed by atoms with Crippen LogP contribution in [-0.2, 0) is 6.54 Å². The van der Waals surface area contributed by atoms with Crippen molar-refractivity contribution < 1.29 is 9.66 Å². The fourth-order valence-corrected chi connectivity index (χ4v) is 1.86. The number of benzene rings is 1. The molecule has 0 unspecified atom stereocenters. The Bertz CT molecular complexity index is 408. The van der Waals surface area contributed by atoms with Gasteiger partial charge in [0.1, 0.15) is 5.75 Å². The van der Waals surface area contributed by atoms with Crippen LogP contribution in [0.4, 0.5) is 5.69 Å². The van der Waals surface area contributed by atoms with Crippen molar-refractivity contribution in [2.45, 2.75) is 39.2 Å². The highest BCUT2D eigenvalue weighted by Crippen LogP contribution is 2.24. The highest BCUT2D eigenvalue weighted by atomic mass is 16.6. The molecule has 0 spiro atoms. The second kappa shape index (κ2) is 8.48. The van der Waals surface area contributed by atoms with E-state index >= 15 is 0 Å². The van der Waals surface area contributed by atoms with Gasteiger partial charge in [-0.3, -0.25) is 10.1 Å². The van der Waals surface area contributed by atoms with Gasteiger partial charge in [-0.2, -0.15) is 0 Å². The molecule has 0 aromatic heterocycles. The molecule has 5 heteroatoms. The Morgan fingerprint density at radius 3 is 2.74 bits per heavy atom. The zero-order valence-corrected chi connectivity index (χ0v) is 11.6. The topological polar surface area (TPSA) is 64.4 Å². The standard InChI is InChI=1S/C14H22N2O3/c1-3-4-5-6-9-19-14-8-7-13(16(17)18)10-12(14)11-15-2/h7-8,10,15H,3-6,9,11H2,1-2H3. The molecule has 5 nitrogen and oxygen atoms in total. The van der Waals surface area contributed by atoms with Crippen LogP contribution in [-0.4, -0.2) is 18.6 Å². The molecule has 0 atom stereocenters. The Kier molecular flexibility index (Phi) is 6.89. The largest absolute Gasteiger partial charge is 0.493 e. The quantitative estimate of drug-likeness (QED) is 0.423. The summed E-state index contributed by atoms with van der Waals surface area (Å²) in [7, 11) is 1.81. The maximum absolute atomic E-state index is 10.7. The molecule has 0 aliphatic carbocycles. The Balaban J connectivity index is 2.62. The maximum atomic E-state index is 10.7. The first-order chi connectivity index (χ1) is 9.19. The summed E-state index contributed by atoms with van der Waals surface area (Å²) >= 11 is 0. The summed E-state index contributed by atoms with van der Waals surface area (Å²) in [5.41, 5.74) is 0.927. The molecule has 1 N–H and O–H groups in total. The van der Waals surface area contributed by atoms with Crippen molar-refractivity contribution in [2.75, 3.05) is 13.7 Å². The Labute approximate surface area is 114 Å². The van der Waals surface area contributed by atoms with Gasteiger partial charge in [-0.1, -0.05) is 26.2 Å². The Hall–Kier alpha value is -1.62. The molecular formula is C14H22N2O3. The first-order valence-electron chi connectivity index (χ1n) is 6.73. The molecule has 0 fully saturated rings. The molecule has 1 aromatic carbocycles. The molecule has 1 rings (SSSR count). The fraction of sp³-hybridized carbons (Fsp3) is 0.571. The van der Waals surface area contributed by atoms with E-state index in [1.807, 2.05) is 7.05 Å². The van der Waals surface area contributed by atoms with Crippen LogP contribution in [0.15, 0.2) is 18.2 Å². The minimum atomic E-state index is -0.385. The van der Waals surface area contributed by atoms with Crippen molar-refractivity contribution in [3.05, 3.63) is 33.9 Å². The SMILES string of the molecule is CCCCCCOc1ccc([N+](=O)[O-])cc1CNC. The average Bonchev–Trinajstić information content (AvgIpc) is 2.40. The molecule has 0 saturated heterocycles. The number of hydrogen-bond donors (Lipinski definition) is 1. The van der Waals surface area contributed by atoms with Crippen LogP contribution in [0, 0.1) is 10.1 Å². The molecule has 0 saturated carbocycles. The van der Waals surface area contributed by atoms with E-state index in [1.54, 1.807) is 12.1 Å². The molecule has 0 radical (unpaired) electrons. The number of rotatable bonds is 9. The van der Waals surface area contributed by atoms with E-state index in [9.17, 15) is 10.1 Å². The van der Waals surface area contributed by atoms with Crippen molar-refractivity contribution in [3.63, 3.8) is 0 Å². The minimum absolute atomic E-state index is 0.101. The first kappa shape index (κ1) is 15.4. The van der Waals surface area contributed by atoms with E-state index in [1.165, 1.54) is 18.9 Å². The van der Waals surface area contributed by atoms with Crippen molar-refractivity contribution >= 4 is 5.69 Å². The van der Waals surface area contributed by atoms with Gasteiger partial charge in [0.15, 0.2) is 0 Å². The minimum Gasteiger partial charge on any atom is -0.493 e. The van der Waals surface area contributed by atoms with Gasteiger partial charge in [0.2, 0.25) is 0 Å². The van der Waals surface area contributed by atoms with Crippen LogP contribution in [0.2, 0.25) is 0 Å². The number of nitro groups is 1. The van der Waals surface area contributed by atoms with Gasteiger partial charge in [-0.15, -0.1) is 0 Å². The van der Waals surface area contributed by atoms with Crippen LogP contribution >= 0.6 is 0 Å². The van der Waals surface area contributed by atoms with Crippen molar-refractivity contribution in [1.82, 2.24) is 5.32 Å². The molecule has 0 aliphatic heterocycles. The predicted molar refractivity (Wildman–Crippen MR) is 75.5 cm³/mol. The Morgan fingerprint density at radius 1 is 1.32 bits per heavy atom. The van der Waals surface area contributed by atoms with Crippen LogP contribution < -0.4 is 10.1 Å². The van der Waals surface area contributed by atoms with Crippen molar-refractivity contribution in [3.8, 4) is 5.75 Å². The van der Waals surface area contributed by atoms with Gasteiger partial charge >= 0.3 is 0 Å². The molecule has 0 amide bonds. The lowest BCUT2D eigenvalue weighted by atomic mass is 10.1. The van der Waals surface area contributed by atoms with Gasteiger partial charge in [0, 0.05) is 24.2 Å². The summed E-state index contributed by atoms with van der Waals surface area (Å²) in [5, 5.41) is 13.7. The van der Waals surface area contributed by atoms with Crippen LogP contribution in [0.5, 0.6) is 5.75 Å². The average molecular weight is 266 g/mol. The predicted octanol–water partition coefficient (Wildman–Crippen LogP) is 3.27. The number of non-ortho nitro benzene ring substituents is 1. The summed E-state index contributed by atoms with van der Waals surface area (Å²) in [6.45, 7) is 3.39. The number of unbranched alkanes of at least 4 members (excludes halogenated alkanes) is 3. The van der Waals surface area contributed by atoms with Gasteiger partial charge in [0.25, 0.3) is 5.69 Å². The summed E-state index contributed by atoms with van der Waals surface area (Å²) < 4.78 is 5.71. The molecular weight excluding hydrogens is 244 g/mol. The zero-order chi connectivity index (χ0) is 14.1. The summed E-state index contributed by atoms with van der Waals surface area (Å²) in [5.74, 6) is 0.733. The van der Waals surface area contributed by atoms with Crippen molar-refractivity contribution in [1.29, 1.82) is 0 Å². The third kappa shape index (κ3) is 5.26. The monoisotopic (exact) mass is 266 g/mol. The molecule has 19 heavy (non-hydrogen) atoms. The highest BCUT2D eigenvalue weighted by molar-refractivity contribution is 5.43. The second-order valence-corrected chi connectivity index (χ2v) is 4.49. The lowest BCUT2D eigenvalue weighted by molar-refractivity contribution is -0.384. The van der Waals surface area contributed by atoms with E-state index in [-0.39, 0.29) is 10.6 Å². The van der Waals surface area contributed by atoms with Crippen LogP contribution in [0.25, 0.3) is 0 Å². The number of nitrogens with zero attached hydrogens (tertiary/aromatic N) is 1. The van der Waals surface area contributed by atoms with Gasteiger partial charge in [-0.05, 0) is 19.5 Å². The second-order valence-electron chi connectivity index (χ2n) is 4.49. The molecule has 1 aromatic rings. The fourth-order valence-electron chi connectivity index (χ4n) is 1.86. The zero-order valence-electron chi connectivity index (χ0n) is 11.6. The highest BCUT2D eigenvalue weighted by Gasteiger charge is 2.11. The van der Waals surface area contributed by atoms with Crippen LogP contribution in [0.3, 0.4) is 0 Å². The summed E-state index contributed by atoms with van der Waals surface area (Å²) in [6.07, 6.45) is 4.59. The maximum Gasteiger partial charge on any atom is 0.270 e. The number of hydrogen-bond acceptors (Lipinski definition) is 4. The summed E-state index contributed by atoms with van der Waals surface area (Å²) in [4.78, 5) is 10.4. The molecule has 106 valence electrons. The van der Waals surface area contributed by atoms with Crippen molar-refractivity contribution in [2.24, 2.45) is 0 Å². The van der Waals surface area contributed by atoms with E-state index in [0.717, 1.165) is 24.2 Å². The Morgan fingerprint density at radius 2 is 2.11 bits per heavy atom. The molecule has 0 bridgehead atoms. The molecule has 0 heterocycles. The van der Waals surface area contributed by atoms with E-state index in [4.69, 9.17) is 4.74 Å². The van der Waals surface area contributed by atoms with Crippen LogP contribution in [0.1, 0.15) is 38.2 Å². The lowest BCUT2D eigenvalue weighted by Crippen LogP contribution is -2.08.